The summed E-state index contributed by atoms with van der Waals surface area (Å²) < 4.78 is 18.6. The molecular formula is C16H15FN2O. The first kappa shape index (κ1) is 13.9. The monoisotopic (exact) mass is 270 g/mol. The van der Waals surface area contributed by atoms with Crippen LogP contribution in [0.15, 0.2) is 42.5 Å². The standard InChI is InChI=1S/C16H15FN2O/c1-11(12-6-8-13(20-2)9-7-12)19-16-5-3-4-15(17)14(16)10-18/h3-9,11,19H,1-2H3. The highest BCUT2D eigenvalue weighted by molar-refractivity contribution is 5.58. The van der Waals surface area contributed by atoms with E-state index in [1.54, 1.807) is 19.2 Å². The first-order valence-corrected chi connectivity index (χ1v) is 6.25. The van der Waals surface area contributed by atoms with Crippen LogP contribution in [0.25, 0.3) is 0 Å². The number of nitriles is 1. The number of anilines is 1. The Morgan fingerprint density at radius 1 is 1.20 bits per heavy atom. The molecule has 0 aliphatic carbocycles. The maximum absolute atomic E-state index is 13.5. The van der Waals surface area contributed by atoms with E-state index in [0.29, 0.717) is 5.69 Å². The van der Waals surface area contributed by atoms with Crippen molar-refractivity contribution in [3.05, 3.63) is 59.4 Å². The second-order valence-corrected chi connectivity index (χ2v) is 4.41. The Morgan fingerprint density at radius 3 is 2.50 bits per heavy atom. The maximum atomic E-state index is 13.5. The average molecular weight is 270 g/mol. The summed E-state index contributed by atoms with van der Waals surface area (Å²) in [6, 6.07) is 14.0. The third-order valence-electron chi connectivity index (χ3n) is 3.11. The zero-order valence-corrected chi connectivity index (χ0v) is 11.4. The molecule has 0 heterocycles. The van der Waals surface area contributed by atoms with Crippen molar-refractivity contribution < 1.29 is 9.13 Å². The number of ether oxygens (including phenoxy) is 1. The van der Waals surface area contributed by atoms with Crippen LogP contribution in [-0.2, 0) is 0 Å². The first-order chi connectivity index (χ1) is 9.65. The summed E-state index contributed by atoms with van der Waals surface area (Å²) in [6.07, 6.45) is 0. The molecule has 0 fully saturated rings. The molecule has 0 bridgehead atoms. The zero-order valence-electron chi connectivity index (χ0n) is 11.4. The third kappa shape index (κ3) is 2.89. The second kappa shape index (κ2) is 6.07. The van der Waals surface area contributed by atoms with Gasteiger partial charge < -0.3 is 10.1 Å². The number of nitrogens with one attached hydrogen (secondary N) is 1. The van der Waals surface area contributed by atoms with Crippen molar-refractivity contribution in [3.63, 3.8) is 0 Å². The number of halogens is 1. The van der Waals surface area contributed by atoms with Crippen LogP contribution in [-0.4, -0.2) is 7.11 Å². The summed E-state index contributed by atoms with van der Waals surface area (Å²) in [5.74, 6) is 0.267. The quantitative estimate of drug-likeness (QED) is 0.917. The van der Waals surface area contributed by atoms with Gasteiger partial charge in [0.1, 0.15) is 23.2 Å². The lowest BCUT2D eigenvalue weighted by atomic mass is 10.1. The molecule has 1 N–H and O–H groups in total. The van der Waals surface area contributed by atoms with Crippen molar-refractivity contribution >= 4 is 5.69 Å². The fourth-order valence-electron chi connectivity index (χ4n) is 1.97. The van der Waals surface area contributed by atoms with E-state index in [4.69, 9.17) is 10.00 Å². The van der Waals surface area contributed by atoms with Gasteiger partial charge in [0.05, 0.1) is 12.8 Å². The van der Waals surface area contributed by atoms with Gasteiger partial charge in [0.15, 0.2) is 0 Å². The smallest absolute Gasteiger partial charge is 0.143 e. The average Bonchev–Trinajstić information content (AvgIpc) is 2.47. The molecule has 1 atom stereocenters. The summed E-state index contributed by atoms with van der Waals surface area (Å²) in [5, 5.41) is 12.2. The largest absolute Gasteiger partial charge is 0.497 e. The lowest BCUT2D eigenvalue weighted by molar-refractivity contribution is 0.414. The van der Waals surface area contributed by atoms with E-state index in [-0.39, 0.29) is 11.6 Å². The van der Waals surface area contributed by atoms with Gasteiger partial charge in [-0.15, -0.1) is 0 Å². The van der Waals surface area contributed by atoms with Crippen LogP contribution < -0.4 is 10.1 Å². The first-order valence-electron chi connectivity index (χ1n) is 6.25. The Labute approximate surface area is 117 Å². The van der Waals surface area contributed by atoms with E-state index in [1.165, 1.54) is 6.07 Å². The Morgan fingerprint density at radius 2 is 1.90 bits per heavy atom. The van der Waals surface area contributed by atoms with Crippen LogP contribution in [0.1, 0.15) is 24.1 Å². The van der Waals surface area contributed by atoms with Crippen molar-refractivity contribution in [1.29, 1.82) is 5.26 Å². The number of rotatable bonds is 4. The van der Waals surface area contributed by atoms with Gasteiger partial charge in [-0.1, -0.05) is 18.2 Å². The predicted octanol–water partition coefficient (Wildman–Crippen LogP) is 3.88. The molecule has 0 spiro atoms. The molecule has 0 saturated carbocycles. The molecule has 0 aromatic heterocycles. The fourth-order valence-corrected chi connectivity index (χ4v) is 1.97. The van der Waals surface area contributed by atoms with Crippen LogP contribution in [0.2, 0.25) is 0 Å². The number of nitrogens with zero attached hydrogens (tertiary/aromatic N) is 1. The second-order valence-electron chi connectivity index (χ2n) is 4.41. The minimum atomic E-state index is -0.514. The van der Waals surface area contributed by atoms with Crippen LogP contribution in [0.3, 0.4) is 0 Å². The highest BCUT2D eigenvalue weighted by atomic mass is 19.1. The van der Waals surface area contributed by atoms with E-state index in [0.717, 1.165) is 11.3 Å². The number of benzene rings is 2. The number of hydrogen-bond donors (Lipinski definition) is 1. The Kier molecular flexibility index (Phi) is 4.21. The molecule has 20 heavy (non-hydrogen) atoms. The van der Waals surface area contributed by atoms with Crippen molar-refractivity contribution in [2.75, 3.05) is 12.4 Å². The molecule has 4 heteroatoms. The van der Waals surface area contributed by atoms with Crippen LogP contribution >= 0.6 is 0 Å². The number of hydrogen-bond acceptors (Lipinski definition) is 3. The summed E-state index contributed by atoms with van der Waals surface area (Å²) in [7, 11) is 1.61. The molecule has 0 amide bonds. The molecule has 0 radical (unpaired) electrons. The van der Waals surface area contributed by atoms with E-state index < -0.39 is 5.82 Å². The predicted molar refractivity (Wildman–Crippen MR) is 76.1 cm³/mol. The zero-order chi connectivity index (χ0) is 14.5. The van der Waals surface area contributed by atoms with E-state index >= 15 is 0 Å². The van der Waals surface area contributed by atoms with Gasteiger partial charge in [-0.3, -0.25) is 0 Å². The van der Waals surface area contributed by atoms with Crippen molar-refractivity contribution in [2.45, 2.75) is 13.0 Å². The topological polar surface area (TPSA) is 45.0 Å². The summed E-state index contributed by atoms with van der Waals surface area (Å²) >= 11 is 0. The minimum Gasteiger partial charge on any atom is -0.497 e. The molecule has 102 valence electrons. The van der Waals surface area contributed by atoms with Gasteiger partial charge >= 0.3 is 0 Å². The van der Waals surface area contributed by atoms with Crippen LogP contribution in [0.4, 0.5) is 10.1 Å². The highest BCUT2D eigenvalue weighted by Gasteiger charge is 2.11. The summed E-state index contributed by atoms with van der Waals surface area (Å²) in [5.41, 5.74) is 1.56. The normalized spacial score (nSPS) is 11.5. The third-order valence-corrected chi connectivity index (χ3v) is 3.11. The minimum absolute atomic E-state index is 0.0351. The van der Waals surface area contributed by atoms with Gasteiger partial charge in [-0.25, -0.2) is 4.39 Å². The summed E-state index contributed by atoms with van der Waals surface area (Å²) in [4.78, 5) is 0. The molecule has 0 aliphatic heterocycles. The Bertz CT molecular complexity index is 632. The fraction of sp³-hybridized carbons (Fsp3) is 0.188. The lowest BCUT2D eigenvalue weighted by Gasteiger charge is -2.17. The van der Waals surface area contributed by atoms with Gasteiger partial charge in [0.2, 0.25) is 0 Å². The van der Waals surface area contributed by atoms with Gasteiger partial charge in [-0.2, -0.15) is 5.26 Å². The lowest BCUT2D eigenvalue weighted by Crippen LogP contribution is -2.08. The SMILES string of the molecule is COc1ccc(C(C)Nc2cccc(F)c2C#N)cc1. The van der Waals surface area contributed by atoms with Crippen molar-refractivity contribution in [3.8, 4) is 11.8 Å². The van der Waals surface area contributed by atoms with E-state index in [2.05, 4.69) is 5.32 Å². The Hall–Kier alpha value is -2.54. The van der Waals surface area contributed by atoms with Crippen molar-refractivity contribution in [1.82, 2.24) is 0 Å². The molecule has 2 aromatic carbocycles. The van der Waals surface area contributed by atoms with E-state index in [1.807, 2.05) is 37.3 Å². The molecular weight excluding hydrogens is 255 g/mol. The maximum Gasteiger partial charge on any atom is 0.143 e. The van der Waals surface area contributed by atoms with Gasteiger partial charge in [0.25, 0.3) is 0 Å². The molecule has 1 unspecified atom stereocenters. The van der Waals surface area contributed by atoms with Gasteiger partial charge in [-0.05, 0) is 36.8 Å². The molecule has 0 aliphatic rings. The highest BCUT2D eigenvalue weighted by Crippen LogP contribution is 2.24. The molecule has 2 aromatic rings. The molecule has 0 saturated heterocycles. The Balaban J connectivity index is 2.21. The van der Waals surface area contributed by atoms with Crippen LogP contribution in [0.5, 0.6) is 5.75 Å². The van der Waals surface area contributed by atoms with Crippen molar-refractivity contribution in [2.24, 2.45) is 0 Å². The summed E-state index contributed by atoms with van der Waals surface area (Å²) in [6.45, 7) is 1.95. The van der Waals surface area contributed by atoms with Crippen LogP contribution in [0, 0.1) is 17.1 Å². The molecule has 3 nitrogen and oxygen atoms in total. The molecule has 2 rings (SSSR count). The van der Waals surface area contributed by atoms with E-state index in [9.17, 15) is 4.39 Å². The van der Waals surface area contributed by atoms with Gasteiger partial charge in [0, 0.05) is 6.04 Å². The number of methoxy groups -OCH3 is 1.